The Morgan fingerprint density at radius 2 is 1.79 bits per heavy atom. The maximum absolute atomic E-state index is 13.3. The van der Waals surface area contributed by atoms with Gasteiger partial charge in [-0.15, -0.1) is 0 Å². The van der Waals surface area contributed by atoms with Crippen molar-refractivity contribution in [3.05, 3.63) is 65.0 Å². The zero-order valence-electron chi connectivity index (χ0n) is 14.2. The van der Waals surface area contributed by atoms with Gasteiger partial charge in [-0.2, -0.15) is 0 Å². The topological polar surface area (TPSA) is 69.7 Å². The van der Waals surface area contributed by atoms with Crippen LogP contribution in [0.3, 0.4) is 0 Å². The van der Waals surface area contributed by atoms with E-state index in [0.29, 0.717) is 28.8 Å². The average Bonchev–Trinajstić information content (AvgIpc) is 2.54. The van der Waals surface area contributed by atoms with Crippen molar-refractivity contribution in [2.24, 2.45) is 0 Å². The molecule has 130 valence electrons. The molecule has 0 aliphatic carbocycles. The molecule has 0 spiro atoms. The second-order valence-electron chi connectivity index (χ2n) is 6.35. The quantitative estimate of drug-likeness (QED) is 0.681. The molecule has 0 aromatic heterocycles. The van der Waals surface area contributed by atoms with Gasteiger partial charge in [0.15, 0.2) is 0 Å². The minimum Gasteiger partial charge on any atom is -0.399 e. The van der Waals surface area contributed by atoms with Crippen LogP contribution in [-0.2, 0) is 12.2 Å². The Labute approximate surface area is 142 Å². The largest absolute Gasteiger partial charge is 0.399 e. The summed E-state index contributed by atoms with van der Waals surface area (Å²) in [6.45, 7) is 0.588. The van der Waals surface area contributed by atoms with E-state index in [0.717, 1.165) is 13.0 Å². The highest BCUT2D eigenvalue weighted by atomic mass is 19.1. The summed E-state index contributed by atoms with van der Waals surface area (Å²) in [7, 11) is 3.94. The van der Waals surface area contributed by atoms with E-state index in [-0.39, 0.29) is 12.4 Å². The lowest BCUT2D eigenvalue weighted by Gasteiger charge is -2.32. The molecule has 0 bridgehead atoms. The fourth-order valence-corrected chi connectivity index (χ4v) is 2.96. The minimum absolute atomic E-state index is 0.225. The van der Waals surface area contributed by atoms with E-state index in [9.17, 15) is 14.6 Å². The maximum atomic E-state index is 13.3. The van der Waals surface area contributed by atoms with Gasteiger partial charge in [0.1, 0.15) is 11.4 Å². The molecule has 0 saturated carbocycles. The molecule has 4 nitrogen and oxygen atoms in total. The van der Waals surface area contributed by atoms with Gasteiger partial charge in [-0.25, -0.2) is 4.39 Å². The molecule has 5 heteroatoms. The fourth-order valence-electron chi connectivity index (χ4n) is 2.96. The molecule has 0 aliphatic heterocycles. The first kappa shape index (κ1) is 18.4. The predicted molar refractivity (Wildman–Crippen MR) is 94.0 cm³/mol. The van der Waals surface area contributed by atoms with Gasteiger partial charge in [0.2, 0.25) is 0 Å². The van der Waals surface area contributed by atoms with Gasteiger partial charge in [-0.1, -0.05) is 18.2 Å². The van der Waals surface area contributed by atoms with Gasteiger partial charge < -0.3 is 20.8 Å². The van der Waals surface area contributed by atoms with Crippen molar-refractivity contribution in [2.75, 3.05) is 26.4 Å². The Bertz CT molecular complexity index is 674. The third-order valence-corrected chi connectivity index (χ3v) is 4.21. The Kier molecular flexibility index (Phi) is 5.94. The van der Waals surface area contributed by atoms with E-state index in [1.54, 1.807) is 30.3 Å². The summed E-state index contributed by atoms with van der Waals surface area (Å²) >= 11 is 0. The number of anilines is 1. The molecule has 2 aromatic carbocycles. The molecule has 0 fully saturated rings. The van der Waals surface area contributed by atoms with Crippen LogP contribution in [0, 0.1) is 5.82 Å². The zero-order chi connectivity index (χ0) is 17.7. The van der Waals surface area contributed by atoms with Crippen LogP contribution in [0.25, 0.3) is 0 Å². The number of nitrogens with zero attached hydrogens (tertiary/aromatic N) is 1. The van der Waals surface area contributed by atoms with Gasteiger partial charge in [-0.05, 0) is 74.4 Å². The van der Waals surface area contributed by atoms with Crippen LogP contribution in [-0.4, -0.2) is 35.8 Å². The second kappa shape index (κ2) is 7.75. The number of halogens is 1. The predicted octanol–water partition coefficient (Wildman–Crippen LogP) is 2.48. The highest BCUT2D eigenvalue weighted by molar-refractivity contribution is 5.49. The fraction of sp³-hybridized carbons (Fsp3) is 0.368. The van der Waals surface area contributed by atoms with E-state index in [2.05, 4.69) is 0 Å². The second-order valence-corrected chi connectivity index (χ2v) is 6.35. The van der Waals surface area contributed by atoms with E-state index >= 15 is 0 Å². The lowest BCUT2D eigenvalue weighted by molar-refractivity contribution is 0.0641. The lowest BCUT2D eigenvalue weighted by Crippen LogP contribution is -2.30. The van der Waals surface area contributed by atoms with Crippen LogP contribution >= 0.6 is 0 Å². The molecule has 0 amide bonds. The molecule has 1 atom stereocenters. The Balaban J connectivity index is 2.47. The van der Waals surface area contributed by atoms with Gasteiger partial charge >= 0.3 is 0 Å². The maximum Gasteiger partial charge on any atom is 0.123 e. The Morgan fingerprint density at radius 3 is 2.38 bits per heavy atom. The summed E-state index contributed by atoms with van der Waals surface area (Å²) < 4.78 is 13.3. The molecule has 0 heterocycles. The van der Waals surface area contributed by atoms with Gasteiger partial charge in [0.25, 0.3) is 0 Å². The summed E-state index contributed by atoms with van der Waals surface area (Å²) in [5.41, 5.74) is 6.79. The number of rotatable bonds is 7. The zero-order valence-corrected chi connectivity index (χ0v) is 14.2. The van der Waals surface area contributed by atoms with E-state index < -0.39 is 5.60 Å². The summed E-state index contributed by atoms with van der Waals surface area (Å²) in [4.78, 5) is 2.04. The molecule has 1 unspecified atom stereocenters. The van der Waals surface area contributed by atoms with E-state index in [1.807, 2.05) is 19.0 Å². The molecule has 4 N–H and O–H groups in total. The van der Waals surface area contributed by atoms with Crippen molar-refractivity contribution in [1.29, 1.82) is 0 Å². The first-order valence-corrected chi connectivity index (χ1v) is 7.99. The van der Waals surface area contributed by atoms with E-state index in [1.165, 1.54) is 12.1 Å². The summed E-state index contributed by atoms with van der Waals surface area (Å²) in [6, 6.07) is 10.9. The first-order chi connectivity index (χ1) is 11.4. The van der Waals surface area contributed by atoms with Crippen LogP contribution in [0.4, 0.5) is 10.1 Å². The third-order valence-electron chi connectivity index (χ3n) is 4.21. The Morgan fingerprint density at radius 1 is 1.12 bits per heavy atom. The van der Waals surface area contributed by atoms with Gasteiger partial charge in [0.05, 0.1) is 6.61 Å². The normalized spacial score (nSPS) is 13.9. The highest BCUT2D eigenvalue weighted by Crippen LogP contribution is 2.37. The molecule has 2 rings (SSSR count). The van der Waals surface area contributed by atoms with Crippen molar-refractivity contribution in [3.8, 4) is 0 Å². The minimum atomic E-state index is -1.31. The summed E-state index contributed by atoms with van der Waals surface area (Å²) in [5, 5.41) is 21.1. The summed E-state index contributed by atoms with van der Waals surface area (Å²) in [5.74, 6) is -0.353. The van der Waals surface area contributed by atoms with Crippen LogP contribution in [0.15, 0.2) is 42.5 Å². The molecule has 2 aromatic rings. The number of aliphatic hydroxyl groups excluding tert-OH is 1. The summed E-state index contributed by atoms with van der Waals surface area (Å²) in [6.07, 6.45) is 1.20. The smallest absolute Gasteiger partial charge is 0.123 e. The monoisotopic (exact) mass is 332 g/mol. The van der Waals surface area contributed by atoms with Crippen molar-refractivity contribution in [2.45, 2.75) is 25.0 Å². The molecule has 0 aliphatic rings. The molecular formula is C19H25FN2O2. The molecule has 0 saturated heterocycles. The molecule has 24 heavy (non-hydrogen) atoms. The van der Waals surface area contributed by atoms with Crippen LogP contribution in [0.2, 0.25) is 0 Å². The van der Waals surface area contributed by atoms with Crippen molar-refractivity contribution >= 4 is 5.69 Å². The number of hydrogen-bond donors (Lipinski definition) is 3. The molecular weight excluding hydrogens is 307 g/mol. The SMILES string of the molecule is CN(C)CCCC(O)(c1ccc(F)cc1)c1ccc(N)cc1CO. The molecule has 0 radical (unpaired) electrons. The van der Waals surface area contributed by atoms with E-state index in [4.69, 9.17) is 5.73 Å². The van der Waals surface area contributed by atoms with Crippen LogP contribution < -0.4 is 5.73 Å². The average molecular weight is 332 g/mol. The highest BCUT2D eigenvalue weighted by Gasteiger charge is 2.33. The van der Waals surface area contributed by atoms with Crippen LogP contribution in [0.5, 0.6) is 0 Å². The third kappa shape index (κ3) is 4.12. The lowest BCUT2D eigenvalue weighted by atomic mass is 9.80. The standard InChI is InChI=1S/C19H25FN2O2/c1-22(2)11-3-10-19(24,15-4-6-16(20)7-5-15)18-9-8-17(21)12-14(18)13-23/h4-9,12,23-24H,3,10-11,13,21H2,1-2H3. The first-order valence-electron chi connectivity index (χ1n) is 7.99. The van der Waals surface area contributed by atoms with Gasteiger partial charge in [0, 0.05) is 5.69 Å². The number of nitrogen functional groups attached to an aromatic ring is 1. The van der Waals surface area contributed by atoms with Crippen molar-refractivity contribution in [3.63, 3.8) is 0 Å². The van der Waals surface area contributed by atoms with Gasteiger partial charge in [-0.3, -0.25) is 0 Å². The number of benzene rings is 2. The van der Waals surface area contributed by atoms with Crippen molar-refractivity contribution < 1.29 is 14.6 Å². The van der Waals surface area contributed by atoms with Crippen molar-refractivity contribution in [1.82, 2.24) is 4.90 Å². The number of hydrogen-bond acceptors (Lipinski definition) is 4. The Hall–Kier alpha value is -1.95. The van der Waals surface area contributed by atoms with Crippen LogP contribution in [0.1, 0.15) is 29.5 Å². The number of nitrogens with two attached hydrogens (primary N) is 1. The number of aliphatic hydroxyl groups is 2.